The van der Waals surface area contributed by atoms with E-state index in [1.165, 1.54) is 0 Å². The smallest absolute Gasteiger partial charge is 0.251 e. The Morgan fingerprint density at radius 3 is 2.65 bits per heavy atom. The number of rotatable bonds is 3. The molecule has 0 saturated carbocycles. The zero-order valence-electron chi connectivity index (χ0n) is 10.5. The van der Waals surface area contributed by atoms with Gasteiger partial charge in [0.25, 0.3) is 5.91 Å². The van der Waals surface area contributed by atoms with E-state index in [2.05, 4.69) is 26.2 Å². The number of pyridine rings is 1. The highest BCUT2D eigenvalue weighted by Gasteiger charge is 2.13. The average Bonchev–Trinajstić information content (AvgIpc) is 2.41. The monoisotopic (exact) mass is 372 g/mol. The van der Waals surface area contributed by atoms with Gasteiger partial charge in [0, 0.05) is 11.8 Å². The topological polar surface area (TPSA) is 42.0 Å². The lowest BCUT2D eigenvalue weighted by atomic mass is 10.1. The molecule has 2 aromatic rings. The van der Waals surface area contributed by atoms with Gasteiger partial charge in [-0.3, -0.25) is 4.79 Å². The van der Waals surface area contributed by atoms with E-state index in [0.29, 0.717) is 20.2 Å². The van der Waals surface area contributed by atoms with Crippen LogP contribution in [-0.4, -0.2) is 10.9 Å². The molecule has 0 radical (unpaired) electrons. The molecule has 2 rings (SSSR count). The molecular formula is C14H11BrCl2N2O. The molecule has 0 saturated heterocycles. The van der Waals surface area contributed by atoms with Gasteiger partial charge in [0.15, 0.2) is 0 Å². The molecule has 1 amide bonds. The van der Waals surface area contributed by atoms with Crippen LogP contribution in [0.25, 0.3) is 0 Å². The SMILES string of the molecule is CC(NC(=O)c1ccnc(Br)c1)c1ccc(Cl)c(Cl)c1. The van der Waals surface area contributed by atoms with Crippen molar-refractivity contribution < 1.29 is 4.79 Å². The summed E-state index contributed by atoms with van der Waals surface area (Å²) in [6.07, 6.45) is 1.57. The second-order valence-corrected chi connectivity index (χ2v) is 5.86. The fourth-order valence-corrected chi connectivity index (χ4v) is 2.36. The first-order valence-electron chi connectivity index (χ1n) is 5.84. The summed E-state index contributed by atoms with van der Waals surface area (Å²) in [4.78, 5) is 16.1. The average molecular weight is 374 g/mol. The molecule has 104 valence electrons. The Morgan fingerprint density at radius 2 is 2.00 bits per heavy atom. The highest BCUT2D eigenvalue weighted by atomic mass is 79.9. The first-order chi connectivity index (χ1) is 9.47. The summed E-state index contributed by atoms with van der Waals surface area (Å²) in [6.45, 7) is 1.88. The number of halogens is 3. The number of hydrogen-bond acceptors (Lipinski definition) is 2. The minimum Gasteiger partial charge on any atom is -0.346 e. The summed E-state index contributed by atoms with van der Waals surface area (Å²) in [5.41, 5.74) is 1.43. The van der Waals surface area contributed by atoms with Crippen molar-refractivity contribution in [3.63, 3.8) is 0 Å². The first kappa shape index (κ1) is 15.3. The van der Waals surface area contributed by atoms with Crippen molar-refractivity contribution in [2.45, 2.75) is 13.0 Å². The molecule has 1 aromatic carbocycles. The Bertz CT molecular complexity index is 649. The number of carbonyl (C=O) groups is 1. The number of hydrogen-bond donors (Lipinski definition) is 1. The Hall–Kier alpha value is -1.10. The lowest BCUT2D eigenvalue weighted by Gasteiger charge is -2.15. The second-order valence-electron chi connectivity index (χ2n) is 4.24. The van der Waals surface area contributed by atoms with Crippen LogP contribution in [0.5, 0.6) is 0 Å². The van der Waals surface area contributed by atoms with E-state index in [1.54, 1.807) is 30.5 Å². The lowest BCUT2D eigenvalue weighted by Crippen LogP contribution is -2.26. The van der Waals surface area contributed by atoms with Gasteiger partial charge < -0.3 is 5.32 Å². The number of carbonyl (C=O) groups excluding carboxylic acids is 1. The van der Waals surface area contributed by atoms with Gasteiger partial charge in [-0.25, -0.2) is 4.98 Å². The van der Waals surface area contributed by atoms with Crippen molar-refractivity contribution in [3.8, 4) is 0 Å². The minimum atomic E-state index is -0.177. The van der Waals surface area contributed by atoms with Gasteiger partial charge in [-0.1, -0.05) is 29.3 Å². The van der Waals surface area contributed by atoms with Gasteiger partial charge in [-0.2, -0.15) is 0 Å². The van der Waals surface area contributed by atoms with Crippen LogP contribution in [0.4, 0.5) is 0 Å². The Labute approximate surface area is 135 Å². The molecule has 3 nitrogen and oxygen atoms in total. The molecule has 0 spiro atoms. The third kappa shape index (κ3) is 3.72. The second kappa shape index (κ2) is 6.57. The number of benzene rings is 1. The maximum absolute atomic E-state index is 12.1. The van der Waals surface area contributed by atoms with E-state index in [9.17, 15) is 4.79 Å². The molecule has 1 atom stereocenters. The molecule has 1 N–H and O–H groups in total. The van der Waals surface area contributed by atoms with E-state index in [0.717, 1.165) is 5.56 Å². The molecule has 0 bridgehead atoms. The molecule has 0 fully saturated rings. The van der Waals surface area contributed by atoms with Gasteiger partial charge in [0.05, 0.1) is 16.1 Å². The van der Waals surface area contributed by atoms with Crippen molar-refractivity contribution in [2.75, 3.05) is 0 Å². The molecule has 1 aromatic heterocycles. The summed E-state index contributed by atoms with van der Waals surface area (Å²) in [7, 11) is 0. The van der Waals surface area contributed by atoms with Crippen LogP contribution in [0, 0.1) is 0 Å². The molecule has 0 aliphatic carbocycles. The molecule has 1 heterocycles. The third-order valence-electron chi connectivity index (χ3n) is 2.78. The lowest BCUT2D eigenvalue weighted by molar-refractivity contribution is 0.0939. The Kier molecular flexibility index (Phi) is 5.02. The van der Waals surface area contributed by atoms with Gasteiger partial charge >= 0.3 is 0 Å². The zero-order valence-corrected chi connectivity index (χ0v) is 13.6. The number of nitrogens with one attached hydrogen (secondary N) is 1. The van der Waals surface area contributed by atoms with Crippen molar-refractivity contribution >= 4 is 45.0 Å². The summed E-state index contributed by atoms with van der Waals surface area (Å²) < 4.78 is 0.618. The first-order valence-corrected chi connectivity index (χ1v) is 7.39. The number of aromatic nitrogens is 1. The fourth-order valence-electron chi connectivity index (χ4n) is 1.69. The van der Waals surface area contributed by atoms with E-state index in [-0.39, 0.29) is 11.9 Å². The quantitative estimate of drug-likeness (QED) is 0.796. The van der Waals surface area contributed by atoms with Crippen LogP contribution >= 0.6 is 39.1 Å². The van der Waals surface area contributed by atoms with Gasteiger partial charge in [-0.05, 0) is 52.7 Å². The van der Waals surface area contributed by atoms with E-state index < -0.39 is 0 Å². The summed E-state index contributed by atoms with van der Waals surface area (Å²) in [5.74, 6) is -0.174. The molecule has 6 heteroatoms. The minimum absolute atomic E-state index is 0.174. The molecular weight excluding hydrogens is 363 g/mol. The van der Waals surface area contributed by atoms with Crippen molar-refractivity contribution in [3.05, 3.63) is 62.3 Å². The normalized spacial score (nSPS) is 12.0. The van der Waals surface area contributed by atoms with Crippen LogP contribution in [0.2, 0.25) is 10.0 Å². The summed E-state index contributed by atoms with van der Waals surface area (Å²) >= 11 is 15.1. The maximum Gasteiger partial charge on any atom is 0.251 e. The third-order valence-corrected chi connectivity index (χ3v) is 3.95. The van der Waals surface area contributed by atoms with Crippen LogP contribution in [-0.2, 0) is 0 Å². The fraction of sp³-hybridized carbons (Fsp3) is 0.143. The standard InChI is InChI=1S/C14H11BrCl2N2O/c1-8(9-2-3-11(16)12(17)6-9)19-14(20)10-4-5-18-13(15)7-10/h2-8H,1H3,(H,19,20). The highest BCUT2D eigenvalue weighted by Crippen LogP contribution is 2.25. The highest BCUT2D eigenvalue weighted by molar-refractivity contribution is 9.10. The van der Waals surface area contributed by atoms with Crippen LogP contribution < -0.4 is 5.32 Å². The van der Waals surface area contributed by atoms with Gasteiger partial charge in [0.1, 0.15) is 4.60 Å². The molecule has 20 heavy (non-hydrogen) atoms. The van der Waals surface area contributed by atoms with Crippen LogP contribution in [0.1, 0.15) is 28.9 Å². The largest absolute Gasteiger partial charge is 0.346 e. The van der Waals surface area contributed by atoms with E-state index >= 15 is 0 Å². The van der Waals surface area contributed by atoms with E-state index in [4.69, 9.17) is 23.2 Å². The predicted octanol–water partition coefficient (Wildman–Crippen LogP) is 4.64. The van der Waals surface area contributed by atoms with Crippen LogP contribution in [0.3, 0.4) is 0 Å². The molecule has 0 aliphatic rings. The Balaban J connectivity index is 2.13. The predicted molar refractivity (Wildman–Crippen MR) is 84.3 cm³/mol. The Morgan fingerprint density at radius 1 is 1.25 bits per heavy atom. The maximum atomic E-state index is 12.1. The van der Waals surface area contributed by atoms with Crippen LogP contribution in [0.15, 0.2) is 41.1 Å². The van der Waals surface area contributed by atoms with E-state index in [1.807, 2.05) is 13.0 Å². The van der Waals surface area contributed by atoms with Crippen molar-refractivity contribution in [1.82, 2.24) is 10.3 Å². The summed E-state index contributed by atoms with van der Waals surface area (Å²) in [6, 6.07) is 8.44. The number of nitrogens with zero attached hydrogens (tertiary/aromatic N) is 1. The molecule has 0 aliphatic heterocycles. The number of amides is 1. The van der Waals surface area contributed by atoms with Gasteiger partial charge in [-0.15, -0.1) is 0 Å². The molecule has 1 unspecified atom stereocenters. The van der Waals surface area contributed by atoms with Crippen molar-refractivity contribution in [2.24, 2.45) is 0 Å². The summed E-state index contributed by atoms with van der Waals surface area (Å²) in [5, 5.41) is 3.86. The zero-order chi connectivity index (χ0) is 14.7. The van der Waals surface area contributed by atoms with Gasteiger partial charge in [0.2, 0.25) is 0 Å². The van der Waals surface area contributed by atoms with Crippen molar-refractivity contribution in [1.29, 1.82) is 0 Å².